The Bertz CT molecular complexity index is 474. The third-order valence-electron chi connectivity index (χ3n) is 2.87. The van der Waals surface area contributed by atoms with Gasteiger partial charge in [-0.3, -0.25) is 9.48 Å². The van der Waals surface area contributed by atoms with Crippen LogP contribution >= 0.6 is 0 Å². The SMILES string of the molecule is CC1CC(C(=O)Nc2c(C#N)cnn2C)CO1. The first kappa shape index (κ1) is 11.6. The monoisotopic (exact) mass is 234 g/mol. The number of nitrogens with one attached hydrogen (secondary N) is 1. The summed E-state index contributed by atoms with van der Waals surface area (Å²) in [6.07, 6.45) is 2.27. The van der Waals surface area contributed by atoms with Crippen molar-refractivity contribution in [1.29, 1.82) is 5.26 Å². The van der Waals surface area contributed by atoms with Crippen molar-refractivity contribution in [2.45, 2.75) is 19.4 Å². The number of aryl methyl sites for hydroxylation is 1. The van der Waals surface area contributed by atoms with E-state index in [2.05, 4.69) is 10.4 Å². The van der Waals surface area contributed by atoms with Crippen LogP contribution in [-0.2, 0) is 16.6 Å². The molecule has 1 aliphatic rings. The van der Waals surface area contributed by atoms with Gasteiger partial charge < -0.3 is 10.1 Å². The fraction of sp³-hybridized carbons (Fsp3) is 0.545. The first-order valence-electron chi connectivity index (χ1n) is 5.46. The van der Waals surface area contributed by atoms with Crippen LogP contribution < -0.4 is 5.32 Å². The van der Waals surface area contributed by atoms with Gasteiger partial charge in [0, 0.05) is 7.05 Å². The molecule has 1 aromatic rings. The van der Waals surface area contributed by atoms with Gasteiger partial charge in [0.15, 0.2) is 0 Å². The fourth-order valence-corrected chi connectivity index (χ4v) is 1.89. The standard InChI is InChI=1S/C11H14N4O2/c1-7-3-8(6-17-7)11(16)14-10-9(4-12)5-13-15(10)2/h5,7-8H,3,6H2,1-2H3,(H,14,16). The van der Waals surface area contributed by atoms with Crippen LogP contribution in [-0.4, -0.2) is 28.4 Å². The maximum atomic E-state index is 11.9. The Hall–Kier alpha value is -1.87. The number of hydrogen-bond acceptors (Lipinski definition) is 4. The van der Waals surface area contributed by atoms with Crippen LogP contribution in [0.2, 0.25) is 0 Å². The van der Waals surface area contributed by atoms with Crippen LogP contribution in [0, 0.1) is 17.2 Å². The van der Waals surface area contributed by atoms with E-state index in [0.29, 0.717) is 24.4 Å². The predicted octanol–water partition coefficient (Wildman–Crippen LogP) is 0.655. The first-order chi connectivity index (χ1) is 8.11. The summed E-state index contributed by atoms with van der Waals surface area (Å²) in [7, 11) is 1.68. The number of carbonyl (C=O) groups excluding carboxylic acids is 1. The van der Waals surface area contributed by atoms with Crippen molar-refractivity contribution in [3.63, 3.8) is 0 Å². The smallest absolute Gasteiger partial charge is 0.231 e. The van der Waals surface area contributed by atoms with E-state index < -0.39 is 0 Å². The minimum Gasteiger partial charge on any atom is -0.378 e. The lowest BCUT2D eigenvalue weighted by atomic mass is 10.1. The van der Waals surface area contributed by atoms with Gasteiger partial charge in [-0.15, -0.1) is 0 Å². The molecule has 6 heteroatoms. The maximum absolute atomic E-state index is 11.9. The number of nitriles is 1. The largest absolute Gasteiger partial charge is 0.378 e. The van der Waals surface area contributed by atoms with Gasteiger partial charge in [-0.05, 0) is 13.3 Å². The molecular weight excluding hydrogens is 220 g/mol. The molecule has 0 bridgehead atoms. The van der Waals surface area contributed by atoms with E-state index in [-0.39, 0.29) is 17.9 Å². The fourth-order valence-electron chi connectivity index (χ4n) is 1.89. The molecule has 6 nitrogen and oxygen atoms in total. The normalized spacial score (nSPS) is 23.4. The molecule has 0 radical (unpaired) electrons. The Morgan fingerprint density at radius 3 is 3.12 bits per heavy atom. The summed E-state index contributed by atoms with van der Waals surface area (Å²) in [4.78, 5) is 11.9. The lowest BCUT2D eigenvalue weighted by Crippen LogP contribution is -2.24. The van der Waals surface area contributed by atoms with Gasteiger partial charge in [-0.2, -0.15) is 10.4 Å². The summed E-state index contributed by atoms with van der Waals surface area (Å²) in [5, 5.41) is 15.5. The zero-order chi connectivity index (χ0) is 12.4. The summed E-state index contributed by atoms with van der Waals surface area (Å²) in [6, 6.07) is 1.99. The second-order valence-corrected chi connectivity index (χ2v) is 4.21. The van der Waals surface area contributed by atoms with Crippen molar-refractivity contribution >= 4 is 11.7 Å². The van der Waals surface area contributed by atoms with Crippen molar-refractivity contribution in [3.8, 4) is 6.07 Å². The van der Waals surface area contributed by atoms with Crippen molar-refractivity contribution in [1.82, 2.24) is 9.78 Å². The highest BCUT2D eigenvalue weighted by molar-refractivity contribution is 5.93. The topological polar surface area (TPSA) is 79.9 Å². The van der Waals surface area contributed by atoms with Crippen molar-refractivity contribution in [2.24, 2.45) is 13.0 Å². The van der Waals surface area contributed by atoms with Gasteiger partial charge in [0.25, 0.3) is 0 Å². The minimum atomic E-state index is -0.147. The number of nitrogens with zero attached hydrogens (tertiary/aromatic N) is 3. The average Bonchev–Trinajstić information content (AvgIpc) is 2.87. The highest BCUT2D eigenvalue weighted by Crippen LogP contribution is 2.21. The highest BCUT2D eigenvalue weighted by Gasteiger charge is 2.29. The summed E-state index contributed by atoms with van der Waals surface area (Å²) in [6.45, 7) is 2.38. The Morgan fingerprint density at radius 1 is 1.76 bits per heavy atom. The summed E-state index contributed by atoms with van der Waals surface area (Å²) in [5.41, 5.74) is 0.368. The molecule has 2 atom stereocenters. The molecule has 2 heterocycles. The van der Waals surface area contributed by atoms with Gasteiger partial charge in [-0.1, -0.05) is 0 Å². The Morgan fingerprint density at radius 2 is 2.53 bits per heavy atom. The third-order valence-corrected chi connectivity index (χ3v) is 2.87. The Labute approximate surface area is 99.2 Å². The summed E-state index contributed by atoms with van der Waals surface area (Å²) in [5.74, 6) is 0.179. The molecule has 1 aromatic heterocycles. The van der Waals surface area contributed by atoms with E-state index in [1.807, 2.05) is 13.0 Å². The lowest BCUT2D eigenvalue weighted by molar-refractivity contribution is -0.119. The van der Waals surface area contributed by atoms with Crippen molar-refractivity contribution in [2.75, 3.05) is 11.9 Å². The molecule has 0 spiro atoms. The van der Waals surface area contributed by atoms with Crippen LogP contribution in [0.1, 0.15) is 18.9 Å². The number of hydrogen-bond donors (Lipinski definition) is 1. The Kier molecular flexibility index (Phi) is 3.11. The molecule has 90 valence electrons. The second kappa shape index (κ2) is 4.55. The van der Waals surface area contributed by atoms with E-state index >= 15 is 0 Å². The molecule has 2 unspecified atom stereocenters. The Balaban J connectivity index is 2.08. The zero-order valence-corrected chi connectivity index (χ0v) is 9.80. The van der Waals surface area contributed by atoms with Gasteiger partial charge >= 0.3 is 0 Å². The first-order valence-corrected chi connectivity index (χ1v) is 5.46. The number of aromatic nitrogens is 2. The lowest BCUT2D eigenvalue weighted by Gasteiger charge is -2.09. The number of amides is 1. The molecule has 1 aliphatic heterocycles. The molecule has 0 aromatic carbocycles. The predicted molar refractivity (Wildman–Crippen MR) is 60.1 cm³/mol. The van der Waals surface area contributed by atoms with E-state index in [1.165, 1.54) is 10.9 Å². The minimum absolute atomic E-state index is 0.116. The zero-order valence-electron chi connectivity index (χ0n) is 9.80. The van der Waals surface area contributed by atoms with Gasteiger partial charge in [0.1, 0.15) is 17.5 Å². The van der Waals surface area contributed by atoms with Crippen LogP contribution in [0.15, 0.2) is 6.20 Å². The van der Waals surface area contributed by atoms with Crippen LogP contribution in [0.4, 0.5) is 5.82 Å². The van der Waals surface area contributed by atoms with E-state index in [9.17, 15) is 4.79 Å². The van der Waals surface area contributed by atoms with Crippen molar-refractivity contribution < 1.29 is 9.53 Å². The van der Waals surface area contributed by atoms with Crippen LogP contribution in [0.3, 0.4) is 0 Å². The van der Waals surface area contributed by atoms with Crippen molar-refractivity contribution in [3.05, 3.63) is 11.8 Å². The van der Waals surface area contributed by atoms with Crippen LogP contribution in [0.25, 0.3) is 0 Å². The molecule has 1 amide bonds. The summed E-state index contributed by atoms with van der Waals surface area (Å²) >= 11 is 0. The molecule has 0 saturated carbocycles. The quantitative estimate of drug-likeness (QED) is 0.815. The third kappa shape index (κ3) is 2.29. The summed E-state index contributed by atoms with van der Waals surface area (Å²) < 4.78 is 6.83. The van der Waals surface area contributed by atoms with Gasteiger partial charge in [0.2, 0.25) is 5.91 Å². The molecule has 1 fully saturated rings. The average molecular weight is 234 g/mol. The molecule has 2 rings (SSSR count). The molecule has 17 heavy (non-hydrogen) atoms. The highest BCUT2D eigenvalue weighted by atomic mass is 16.5. The van der Waals surface area contributed by atoms with E-state index in [0.717, 1.165) is 0 Å². The molecule has 1 N–H and O–H groups in total. The second-order valence-electron chi connectivity index (χ2n) is 4.21. The van der Waals surface area contributed by atoms with Crippen LogP contribution in [0.5, 0.6) is 0 Å². The van der Waals surface area contributed by atoms with E-state index in [1.54, 1.807) is 7.05 Å². The number of rotatable bonds is 2. The van der Waals surface area contributed by atoms with Gasteiger partial charge in [0.05, 0.1) is 24.8 Å². The van der Waals surface area contributed by atoms with E-state index in [4.69, 9.17) is 10.00 Å². The molecule has 0 aliphatic carbocycles. The molecular formula is C11H14N4O2. The maximum Gasteiger partial charge on any atom is 0.231 e. The number of ether oxygens (including phenoxy) is 1. The number of carbonyl (C=O) groups is 1. The number of anilines is 1. The molecule has 1 saturated heterocycles. The van der Waals surface area contributed by atoms with Gasteiger partial charge in [-0.25, -0.2) is 0 Å².